The molecular formula is C32H52N2O12S2. The number of aliphatic hydroxyl groups excluding tert-OH is 4. The molecule has 0 rings (SSSR count). The van der Waals surface area contributed by atoms with Gasteiger partial charge >= 0.3 is 23.9 Å². The molecule has 4 unspecified atom stereocenters. The smallest absolute Gasteiger partial charge is 0.333 e. The van der Waals surface area contributed by atoms with E-state index in [1.807, 2.05) is 0 Å². The molecule has 0 heterocycles. The van der Waals surface area contributed by atoms with Gasteiger partial charge in [-0.3, -0.25) is 9.80 Å². The number of carbonyl (C=O) groups excluding carboxylic acids is 4. The number of aliphatic hydroxyl groups is 4. The molecule has 0 aromatic carbocycles. The van der Waals surface area contributed by atoms with E-state index in [4.69, 9.17) is 18.9 Å². The Balaban J connectivity index is 5.10. The lowest BCUT2D eigenvalue weighted by molar-refractivity contribution is -0.143. The predicted molar refractivity (Wildman–Crippen MR) is 185 cm³/mol. The fourth-order valence-corrected chi connectivity index (χ4v) is 5.60. The van der Waals surface area contributed by atoms with E-state index in [0.717, 1.165) is 0 Å². The van der Waals surface area contributed by atoms with E-state index in [1.165, 1.54) is 49.3 Å². The quantitative estimate of drug-likeness (QED) is 0.0307. The topological polar surface area (TPSA) is 193 Å². The van der Waals surface area contributed by atoms with Crippen LogP contribution in [0.1, 0.15) is 27.7 Å². The van der Waals surface area contributed by atoms with Crippen molar-refractivity contribution in [2.45, 2.75) is 52.1 Å². The average molecular weight is 721 g/mol. The molecule has 0 radical (unpaired) electrons. The molecule has 0 saturated heterocycles. The van der Waals surface area contributed by atoms with Crippen LogP contribution in [0.5, 0.6) is 0 Å². The van der Waals surface area contributed by atoms with Crippen LogP contribution in [0, 0.1) is 0 Å². The van der Waals surface area contributed by atoms with Gasteiger partial charge < -0.3 is 39.4 Å². The van der Waals surface area contributed by atoms with Gasteiger partial charge in [-0.15, -0.1) is 0 Å². The normalized spacial score (nSPS) is 13.6. The maximum atomic E-state index is 11.7. The van der Waals surface area contributed by atoms with Crippen LogP contribution in [-0.4, -0.2) is 156 Å². The second-order valence-corrected chi connectivity index (χ2v) is 14.0. The molecule has 48 heavy (non-hydrogen) atoms. The molecule has 0 aromatic heterocycles. The molecule has 0 fully saturated rings. The van der Waals surface area contributed by atoms with Crippen molar-refractivity contribution >= 4 is 45.5 Å². The largest absolute Gasteiger partial charge is 0.460 e. The minimum Gasteiger partial charge on any atom is -0.460 e. The molecule has 0 spiro atoms. The number of rotatable bonds is 27. The molecule has 16 heteroatoms. The first-order valence-corrected chi connectivity index (χ1v) is 17.6. The lowest BCUT2D eigenvalue weighted by Crippen LogP contribution is -2.42. The Labute approximate surface area is 291 Å². The number of carbonyl (C=O) groups is 4. The van der Waals surface area contributed by atoms with Crippen LogP contribution >= 0.6 is 21.6 Å². The van der Waals surface area contributed by atoms with E-state index in [-0.39, 0.29) is 74.9 Å². The highest BCUT2D eigenvalue weighted by Gasteiger charge is 2.21. The number of hydrogen-bond acceptors (Lipinski definition) is 16. The van der Waals surface area contributed by atoms with Crippen LogP contribution in [0.3, 0.4) is 0 Å². The number of esters is 4. The van der Waals surface area contributed by atoms with Crippen LogP contribution < -0.4 is 0 Å². The van der Waals surface area contributed by atoms with Crippen LogP contribution in [0.15, 0.2) is 48.6 Å². The van der Waals surface area contributed by atoms with E-state index in [0.29, 0.717) is 24.6 Å². The highest BCUT2D eigenvalue weighted by Crippen LogP contribution is 2.21. The molecule has 0 bridgehead atoms. The summed E-state index contributed by atoms with van der Waals surface area (Å²) in [5, 5.41) is 41.8. The Hall–Kier alpha value is -2.70. The predicted octanol–water partition coefficient (Wildman–Crippen LogP) is 0.893. The van der Waals surface area contributed by atoms with E-state index in [2.05, 4.69) is 26.3 Å². The third-order valence-electron chi connectivity index (χ3n) is 5.96. The maximum Gasteiger partial charge on any atom is 0.333 e. The van der Waals surface area contributed by atoms with Crippen molar-refractivity contribution in [1.82, 2.24) is 9.80 Å². The van der Waals surface area contributed by atoms with Gasteiger partial charge in [0.2, 0.25) is 0 Å². The highest BCUT2D eigenvalue weighted by atomic mass is 33.1. The first kappa shape index (κ1) is 45.3. The minimum absolute atomic E-state index is 0.0651. The Morgan fingerprint density at radius 1 is 0.500 bits per heavy atom. The molecule has 0 aliphatic carbocycles. The van der Waals surface area contributed by atoms with Crippen molar-refractivity contribution < 1.29 is 58.6 Å². The van der Waals surface area contributed by atoms with Crippen LogP contribution in [0.4, 0.5) is 0 Å². The standard InChI is InChI=1S/C32H52N2O12S2/c1-21(2)29(39)43-17-25(35)13-33(14-26(36)18-44-30(40)22(3)4)9-11-47-48-12-10-34(15-27(37)19-45-31(41)23(5)6)16-28(38)20-46-32(42)24(7)8/h25-28,35-38H,1,3,5,7,9-20H2,2,4,6,8H3. The van der Waals surface area contributed by atoms with Crippen molar-refractivity contribution in [3.05, 3.63) is 48.6 Å². The number of nitrogens with zero attached hydrogens (tertiary/aromatic N) is 2. The van der Waals surface area contributed by atoms with Gasteiger partial charge in [0.25, 0.3) is 0 Å². The van der Waals surface area contributed by atoms with Gasteiger partial charge in [-0.25, -0.2) is 19.2 Å². The molecular weight excluding hydrogens is 668 g/mol. The summed E-state index contributed by atoms with van der Waals surface area (Å²) in [6.45, 7) is 20.0. The third kappa shape index (κ3) is 22.8. The lowest BCUT2D eigenvalue weighted by atomic mass is 10.2. The van der Waals surface area contributed by atoms with Crippen molar-refractivity contribution in [2.75, 3.05) is 77.2 Å². The summed E-state index contributed by atoms with van der Waals surface area (Å²) in [7, 11) is 3.01. The first-order valence-electron chi connectivity index (χ1n) is 15.1. The Bertz CT molecular complexity index is 943. The van der Waals surface area contributed by atoms with Gasteiger partial charge in [0.1, 0.15) is 50.8 Å². The van der Waals surface area contributed by atoms with Gasteiger partial charge in [0.05, 0.1) is 0 Å². The SMILES string of the molecule is C=C(C)C(=O)OCC(O)CN(CCSSCCN(CC(O)COC(=O)C(=C)C)CC(O)COC(=O)C(=C)C)CC(O)COC(=O)C(=C)C. The Kier molecular flexibility index (Phi) is 23.9. The molecule has 0 aromatic rings. The van der Waals surface area contributed by atoms with Crippen molar-refractivity contribution in [2.24, 2.45) is 0 Å². The van der Waals surface area contributed by atoms with Gasteiger partial charge in [-0.1, -0.05) is 47.9 Å². The number of hydrogen-bond donors (Lipinski definition) is 4. The molecule has 4 N–H and O–H groups in total. The highest BCUT2D eigenvalue weighted by molar-refractivity contribution is 8.76. The minimum atomic E-state index is -1.05. The monoisotopic (exact) mass is 720 g/mol. The van der Waals surface area contributed by atoms with E-state index in [1.54, 1.807) is 9.80 Å². The van der Waals surface area contributed by atoms with Crippen LogP contribution in [0.25, 0.3) is 0 Å². The molecule has 0 aliphatic rings. The average Bonchev–Trinajstić information content (AvgIpc) is 3.00. The summed E-state index contributed by atoms with van der Waals surface area (Å²) in [5.41, 5.74) is 0.786. The van der Waals surface area contributed by atoms with Crippen LogP contribution in [0.2, 0.25) is 0 Å². The zero-order valence-electron chi connectivity index (χ0n) is 28.4. The fraction of sp³-hybridized carbons (Fsp3) is 0.625. The van der Waals surface area contributed by atoms with Crippen molar-refractivity contribution in [1.29, 1.82) is 0 Å². The second-order valence-electron chi connectivity index (χ2n) is 11.3. The molecule has 0 aliphatic heterocycles. The Morgan fingerprint density at radius 2 is 0.708 bits per heavy atom. The zero-order valence-corrected chi connectivity index (χ0v) is 30.0. The number of ether oxygens (including phenoxy) is 4. The summed E-state index contributed by atoms with van der Waals surface area (Å²) in [6, 6.07) is 0. The summed E-state index contributed by atoms with van der Waals surface area (Å²) in [4.78, 5) is 50.3. The molecule has 274 valence electrons. The summed E-state index contributed by atoms with van der Waals surface area (Å²) >= 11 is 0. The van der Waals surface area contributed by atoms with Crippen molar-refractivity contribution in [3.8, 4) is 0 Å². The van der Waals surface area contributed by atoms with Crippen LogP contribution in [-0.2, 0) is 38.1 Å². The second kappa shape index (κ2) is 25.3. The fourth-order valence-electron chi connectivity index (χ4n) is 3.55. The van der Waals surface area contributed by atoms with Gasteiger partial charge in [-0.2, -0.15) is 0 Å². The van der Waals surface area contributed by atoms with E-state index < -0.39 is 48.3 Å². The first-order chi connectivity index (χ1) is 22.4. The maximum absolute atomic E-state index is 11.7. The van der Waals surface area contributed by atoms with E-state index in [9.17, 15) is 39.6 Å². The third-order valence-corrected chi connectivity index (χ3v) is 8.33. The molecule has 14 nitrogen and oxygen atoms in total. The van der Waals surface area contributed by atoms with Gasteiger partial charge in [0.15, 0.2) is 0 Å². The van der Waals surface area contributed by atoms with E-state index >= 15 is 0 Å². The summed E-state index contributed by atoms with van der Waals surface area (Å²) in [6.07, 6.45) is -4.20. The summed E-state index contributed by atoms with van der Waals surface area (Å²) in [5.74, 6) is -1.41. The molecule has 0 saturated carbocycles. The zero-order chi connectivity index (χ0) is 36.8. The lowest BCUT2D eigenvalue weighted by Gasteiger charge is -2.27. The molecule has 4 atom stereocenters. The van der Waals surface area contributed by atoms with Crippen molar-refractivity contribution in [3.63, 3.8) is 0 Å². The van der Waals surface area contributed by atoms with Gasteiger partial charge in [-0.05, 0) is 27.7 Å². The summed E-state index contributed by atoms with van der Waals surface area (Å²) < 4.78 is 20.1. The Morgan fingerprint density at radius 3 is 0.896 bits per heavy atom. The van der Waals surface area contributed by atoms with Gasteiger partial charge in [0, 0.05) is 73.1 Å². The molecule has 0 amide bonds.